The second-order valence-corrected chi connectivity index (χ2v) is 5.73. The highest BCUT2D eigenvalue weighted by Gasteiger charge is 2.28. The van der Waals surface area contributed by atoms with E-state index in [0.29, 0.717) is 19.5 Å². The lowest BCUT2D eigenvalue weighted by molar-refractivity contribution is -0.157. The Balaban J connectivity index is 2.38. The lowest BCUT2D eigenvalue weighted by Crippen LogP contribution is -2.43. The smallest absolute Gasteiger partial charge is 0.427 e. The third kappa shape index (κ3) is 4.49. The van der Waals surface area contributed by atoms with E-state index in [9.17, 15) is 9.59 Å². The predicted molar refractivity (Wildman–Crippen MR) is 61.2 cm³/mol. The van der Waals surface area contributed by atoms with Crippen LogP contribution in [0.4, 0.5) is 4.79 Å². The van der Waals surface area contributed by atoms with Crippen LogP contribution >= 0.6 is 15.9 Å². The fourth-order valence-electron chi connectivity index (χ4n) is 1.22. The van der Waals surface area contributed by atoms with Gasteiger partial charge in [-0.05, 0) is 20.8 Å². The standard InChI is InChI=1S/C10H16BrNO4/c1-10(2,3)15-9(14)16-12-5-4-8(13)7(11)6-12/h7H,4-6H2,1-3H3. The number of hydrogen-bond acceptors (Lipinski definition) is 5. The molecule has 0 aromatic rings. The van der Waals surface area contributed by atoms with Crippen molar-refractivity contribution in [2.45, 2.75) is 37.6 Å². The molecule has 0 aromatic heterocycles. The first-order valence-electron chi connectivity index (χ1n) is 5.10. The van der Waals surface area contributed by atoms with Crippen LogP contribution in [-0.4, -0.2) is 40.5 Å². The number of piperidine rings is 1. The minimum absolute atomic E-state index is 0.129. The summed E-state index contributed by atoms with van der Waals surface area (Å²) in [5.74, 6) is 0.129. The second-order valence-electron chi connectivity index (χ2n) is 4.63. The maximum atomic E-state index is 11.3. The predicted octanol–water partition coefficient (Wildman–Crippen LogP) is 1.89. The zero-order valence-corrected chi connectivity index (χ0v) is 11.2. The van der Waals surface area contributed by atoms with Gasteiger partial charge in [-0.1, -0.05) is 15.9 Å². The summed E-state index contributed by atoms with van der Waals surface area (Å²) >= 11 is 3.22. The van der Waals surface area contributed by atoms with Crippen molar-refractivity contribution in [3.05, 3.63) is 0 Å². The van der Waals surface area contributed by atoms with Gasteiger partial charge in [0.25, 0.3) is 0 Å². The average Bonchev–Trinajstić information content (AvgIpc) is 2.08. The molecule has 0 aliphatic carbocycles. The molecule has 1 unspecified atom stereocenters. The maximum absolute atomic E-state index is 11.3. The molecular weight excluding hydrogens is 278 g/mol. The summed E-state index contributed by atoms with van der Waals surface area (Å²) in [6.07, 6.45) is -0.361. The first-order valence-corrected chi connectivity index (χ1v) is 6.02. The molecule has 0 amide bonds. The van der Waals surface area contributed by atoms with Gasteiger partial charge in [0.1, 0.15) is 11.4 Å². The number of carbonyl (C=O) groups is 2. The lowest BCUT2D eigenvalue weighted by Gasteiger charge is -2.28. The van der Waals surface area contributed by atoms with Crippen LogP contribution < -0.4 is 0 Å². The summed E-state index contributed by atoms with van der Waals surface area (Å²) in [6, 6.07) is 0. The van der Waals surface area contributed by atoms with Gasteiger partial charge in [-0.2, -0.15) is 0 Å². The Bertz CT molecular complexity index is 287. The molecule has 1 atom stereocenters. The van der Waals surface area contributed by atoms with E-state index in [0.717, 1.165) is 0 Å². The molecule has 16 heavy (non-hydrogen) atoms. The molecule has 1 heterocycles. The summed E-state index contributed by atoms with van der Waals surface area (Å²) in [5.41, 5.74) is -0.573. The molecule has 1 saturated heterocycles. The molecule has 5 nitrogen and oxygen atoms in total. The molecular formula is C10H16BrNO4. The van der Waals surface area contributed by atoms with Crippen molar-refractivity contribution in [1.29, 1.82) is 0 Å². The number of ether oxygens (including phenoxy) is 1. The van der Waals surface area contributed by atoms with Gasteiger partial charge in [0.2, 0.25) is 0 Å². The van der Waals surface area contributed by atoms with Crippen molar-refractivity contribution in [1.82, 2.24) is 5.06 Å². The Morgan fingerprint density at radius 1 is 1.50 bits per heavy atom. The van der Waals surface area contributed by atoms with Crippen LogP contribution in [0.15, 0.2) is 0 Å². The van der Waals surface area contributed by atoms with Crippen LogP contribution in [0.2, 0.25) is 0 Å². The summed E-state index contributed by atoms with van der Waals surface area (Å²) < 4.78 is 5.00. The zero-order valence-electron chi connectivity index (χ0n) is 9.66. The zero-order chi connectivity index (χ0) is 12.3. The van der Waals surface area contributed by atoms with Crippen LogP contribution in [0.3, 0.4) is 0 Å². The quantitative estimate of drug-likeness (QED) is 0.546. The molecule has 0 spiro atoms. The van der Waals surface area contributed by atoms with Gasteiger partial charge in [0.15, 0.2) is 0 Å². The van der Waals surface area contributed by atoms with Gasteiger partial charge >= 0.3 is 6.16 Å². The molecule has 0 saturated carbocycles. The lowest BCUT2D eigenvalue weighted by atomic mass is 10.1. The van der Waals surface area contributed by atoms with E-state index in [1.54, 1.807) is 20.8 Å². The monoisotopic (exact) mass is 293 g/mol. The Morgan fingerprint density at radius 3 is 2.62 bits per heavy atom. The first-order chi connectivity index (χ1) is 7.28. The van der Waals surface area contributed by atoms with Crippen molar-refractivity contribution >= 4 is 27.9 Å². The second kappa shape index (κ2) is 5.14. The van der Waals surface area contributed by atoms with Crippen molar-refractivity contribution < 1.29 is 19.2 Å². The molecule has 0 radical (unpaired) electrons. The first kappa shape index (κ1) is 13.4. The van der Waals surface area contributed by atoms with Crippen LogP contribution in [0, 0.1) is 0 Å². The number of halogens is 1. The molecule has 1 aliphatic rings. The molecule has 1 rings (SSSR count). The minimum atomic E-state index is -0.735. The number of Topliss-reactive ketones (excluding diaryl/α,β-unsaturated/α-hetero) is 1. The van der Waals surface area contributed by atoms with Crippen LogP contribution in [0.5, 0.6) is 0 Å². The fourth-order valence-corrected chi connectivity index (χ4v) is 1.77. The minimum Gasteiger partial charge on any atom is -0.427 e. The molecule has 1 aliphatic heterocycles. The molecule has 6 heteroatoms. The van der Waals surface area contributed by atoms with E-state index in [-0.39, 0.29) is 10.6 Å². The maximum Gasteiger partial charge on any atom is 0.528 e. The average molecular weight is 294 g/mol. The van der Waals surface area contributed by atoms with E-state index < -0.39 is 11.8 Å². The number of alkyl halides is 1. The van der Waals surface area contributed by atoms with Crippen molar-refractivity contribution in [3.8, 4) is 0 Å². The molecule has 1 fully saturated rings. The number of ketones is 1. The Morgan fingerprint density at radius 2 is 2.12 bits per heavy atom. The molecule has 92 valence electrons. The van der Waals surface area contributed by atoms with Gasteiger partial charge in [-0.15, -0.1) is 5.06 Å². The van der Waals surface area contributed by atoms with Gasteiger partial charge in [0.05, 0.1) is 11.4 Å². The number of nitrogens with zero attached hydrogens (tertiary/aromatic N) is 1. The van der Waals surface area contributed by atoms with Crippen molar-refractivity contribution in [3.63, 3.8) is 0 Å². The van der Waals surface area contributed by atoms with Crippen LogP contribution in [-0.2, 0) is 14.4 Å². The number of carbonyl (C=O) groups excluding carboxylic acids is 2. The summed E-state index contributed by atoms with van der Waals surface area (Å²) in [7, 11) is 0. The van der Waals surface area contributed by atoms with Crippen molar-refractivity contribution in [2.24, 2.45) is 0 Å². The topological polar surface area (TPSA) is 55.8 Å². The molecule has 0 bridgehead atoms. The third-order valence-corrected chi connectivity index (χ3v) is 2.71. The van der Waals surface area contributed by atoms with E-state index in [1.165, 1.54) is 5.06 Å². The van der Waals surface area contributed by atoms with Crippen LogP contribution in [0.25, 0.3) is 0 Å². The highest BCUT2D eigenvalue weighted by molar-refractivity contribution is 9.10. The number of hydrogen-bond donors (Lipinski definition) is 0. The van der Waals surface area contributed by atoms with E-state index in [4.69, 9.17) is 9.57 Å². The largest absolute Gasteiger partial charge is 0.528 e. The number of rotatable bonds is 1. The normalized spacial score (nSPS) is 23.0. The van der Waals surface area contributed by atoms with Gasteiger partial charge < -0.3 is 9.57 Å². The number of hydroxylamine groups is 2. The SMILES string of the molecule is CC(C)(C)OC(=O)ON1CCC(=O)C(Br)C1. The van der Waals surface area contributed by atoms with Crippen molar-refractivity contribution in [2.75, 3.05) is 13.1 Å². The molecule has 0 N–H and O–H groups in total. The Kier molecular flexibility index (Phi) is 4.32. The third-order valence-electron chi connectivity index (χ3n) is 1.91. The van der Waals surface area contributed by atoms with Crippen LogP contribution in [0.1, 0.15) is 27.2 Å². The Labute approximate surface area is 103 Å². The van der Waals surface area contributed by atoms with Gasteiger partial charge in [-0.25, -0.2) is 4.79 Å². The highest BCUT2D eigenvalue weighted by atomic mass is 79.9. The summed E-state index contributed by atoms with van der Waals surface area (Å²) in [5, 5.41) is 1.44. The van der Waals surface area contributed by atoms with Gasteiger partial charge in [0, 0.05) is 13.0 Å². The van der Waals surface area contributed by atoms with E-state index in [1.807, 2.05) is 0 Å². The summed E-state index contributed by atoms with van der Waals surface area (Å²) in [4.78, 5) is 27.2. The van der Waals surface area contributed by atoms with E-state index >= 15 is 0 Å². The van der Waals surface area contributed by atoms with E-state index in [2.05, 4.69) is 15.9 Å². The highest BCUT2D eigenvalue weighted by Crippen LogP contribution is 2.15. The fraction of sp³-hybridized carbons (Fsp3) is 0.800. The summed E-state index contributed by atoms with van der Waals surface area (Å²) in [6.45, 7) is 6.07. The Hall–Kier alpha value is -0.620. The van der Waals surface area contributed by atoms with Gasteiger partial charge in [-0.3, -0.25) is 4.79 Å². The molecule has 0 aromatic carbocycles.